The van der Waals surface area contributed by atoms with Crippen molar-refractivity contribution in [2.24, 2.45) is 5.92 Å². The van der Waals surface area contributed by atoms with Crippen molar-refractivity contribution < 1.29 is 12.8 Å². The molecule has 0 spiro atoms. The summed E-state index contributed by atoms with van der Waals surface area (Å²) < 4.78 is 42.8. The van der Waals surface area contributed by atoms with Crippen molar-refractivity contribution in [3.05, 3.63) is 77.6 Å². The summed E-state index contributed by atoms with van der Waals surface area (Å²) in [5, 5.41) is 3.58. The molecule has 7 heteroatoms. The number of halogens is 2. The number of piperidine rings is 1. The maximum Gasteiger partial charge on any atom is 0.195 e. The van der Waals surface area contributed by atoms with Gasteiger partial charge in [0.15, 0.2) is 9.84 Å². The molecule has 1 fully saturated rings. The smallest absolute Gasteiger partial charge is 0.195 e. The summed E-state index contributed by atoms with van der Waals surface area (Å²) in [5.74, 6) is -0.398. The fraction of sp³-hybridized carbons (Fsp3) is 0.360. The first-order chi connectivity index (χ1) is 15.1. The van der Waals surface area contributed by atoms with Crippen LogP contribution in [-0.2, 0) is 22.8 Å². The number of nitrogens with one attached hydrogen (secondary N) is 1. The van der Waals surface area contributed by atoms with Gasteiger partial charge in [0.25, 0.3) is 0 Å². The predicted molar refractivity (Wildman–Crippen MR) is 128 cm³/mol. The third kappa shape index (κ3) is 4.17. The minimum atomic E-state index is -3.73. The fourth-order valence-electron chi connectivity index (χ4n) is 5.22. The second kappa shape index (κ2) is 9.48. The minimum absolute atomic E-state index is 0. The van der Waals surface area contributed by atoms with E-state index in [0.29, 0.717) is 30.4 Å². The molecule has 3 aromatic carbocycles. The molecule has 4 nitrogen and oxygen atoms in total. The fourth-order valence-corrected chi connectivity index (χ4v) is 7.53. The largest absolute Gasteiger partial charge is 0.316 e. The number of nitrogens with zero attached hydrogens (tertiary/aromatic N) is 1. The molecular formula is C25H28ClFN2O2S. The van der Waals surface area contributed by atoms with Crippen LogP contribution in [0.5, 0.6) is 0 Å². The molecular weight excluding hydrogens is 447 g/mol. The topological polar surface area (TPSA) is 49.4 Å². The van der Waals surface area contributed by atoms with Crippen LogP contribution in [0.1, 0.15) is 24.0 Å². The van der Waals surface area contributed by atoms with E-state index in [0.717, 1.165) is 25.8 Å². The van der Waals surface area contributed by atoms with Crippen molar-refractivity contribution >= 4 is 33.0 Å². The monoisotopic (exact) mass is 474 g/mol. The van der Waals surface area contributed by atoms with E-state index in [1.54, 1.807) is 24.3 Å². The average molecular weight is 475 g/mol. The molecule has 170 valence electrons. The van der Waals surface area contributed by atoms with Crippen molar-refractivity contribution in [3.63, 3.8) is 0 Å². The van der Waals surface area contributed by atoms with Crippen molar-refractivity contribution in [1.29, 1.82) is 0 Å². The molecule has 2 atom stereocenters. The zero-order valence-electron chi connectivity index (χ0n) is 17.8. The summed E-state index contributed by atoms with van der Waals surface area (Å²) in [5.41, 5.74) is 2.49. The van der Waals surface area contributed by atoms with Crippen LogP contribution >= 0.6 is 12.4 Å². The van der Waals surface area contributed by atoms with Gasteiger partial charge in [-0.2, -0.15) is 0 Å². The Hall–Kier alpha value is -1.99. The summed E-state index contributed by atoms with van der Waals surface area (Å²) in [6.07, 6.45) is 2.67. The quantitative estimate of drug-likeness (QED) is 0.563. The Bertz CT molecular complexity index is 1210. The number of hydrogen-bond acceptors (Lipinski definition) is 4. The Balaban J connectivity index is 0.00000245. The Morgan fingerprint density at radius 3 is 2.44 bits per heavy atom. The van der Waals surface area contributed by atoms with Crippen LogP contribution < -0.4 is 5.32 Å². The molecule has 2 heterocycles. The van der Waals surface area contributed by atoms with Gasteiger partial charge in [-0.05, 0) is 49.1 Å². The maximum absolute atomic E-state index is 14.4. The van der Waals surface area contributed by atoms with Gasteiger partial charge in [-0.15, -0.1) is 12.4 Å². The first-order valence-electron chi connectivity index (χ1n) is 11.0. The lowest BCUT2D eigenvalue weighted by Crippen LogP contribution is -2.52. The third-order valence-corrected chi connectivity index (χ3v) is 9.00. The number of benzene rings is 3. The predicted octanol–water partition coefficient (Wildman–Crippen LogP) is 4.56. The maximum atomic E-state index is 14.4. The van der Waals surface area contributed by atoms with Gasteiger partial charge in [-0.1, -0.05) is 48.5 Å². The van der Waals surface area contributed by atoms with Gasteiger partial charge in [-0.25, -0.2) is 12.8 Å². The molecule has 2 aliphatic rings. The second-order valence-corrected chi connectivity index (χ2v) is 10.6. The van der Waals surface area contributed by atoms with Gasteiger partial charge < -0.3 is 5.32 Å². The average Bonchev–Trinajstić information content (AvgIpc) is 2.80. The SMILES string of the molecule is Cl.O=S(=O)(c1ccc(F)c2ccccc12)C(C1CCCNC1)N1CCc2ccccc2C1. The van der Waals surface area contributed by atoms with Crippen molar-refractivity contribution in [3.8, 4) is 0 Å². The van der Waals surface area contributed by atoms with Crippen LogP contribution in [0.25, 0.3) is 10.8 Å². The van der Waals surface area contributed by atoms with E-state index in [2.05, 4.69) is 22.3 Å². The van der Waals surface area contributed by atoms with Crippen LogP contribution in [0.2, 0.25) is 0 Å². The second-order valence-electron chi connectivity index (χ2n) is 8.62. The molecule has 0 aliphatic carbocycles. The first kappa shape index (κ1) is 23.2. The Labute approximate surface area is 195 Å². The van der Waals surface area contributed by atoms with Gasteiger partial charge in [0.05, 0.1) is 4.90 Å². The lowest BCUT2D eigenvalue weighted by Gasteiger charge is -2.40. The molecule has 1 N–H and O–H groups in total. The molecule has 32 heavy (non-hydrogen) atoms. The highest BCUT2D eigenvalue weighted by Crippen LogP contribution is 2.35. The summed E-state index contributed by atoms with van der Waals surface area (Å²) in [4.78, 5) is 2.37. The van der Waals surface area contributed by atoms with Gasteiger partial charge in [0.2, 0.25) is 0 Å². The molecule has 0 aromatic heterocycles. The van der Waals surface area contributed by atoms with Gasteiger partial charge in [0.1, 0.15) is 11.2 Å². The normalized spacial score (nSPS) is 20.3. The van der Waals surface area contributed by atoms with E-state index in [1.807, 2.05) is 12.1 Å². The number of sulfone groups is 1. The van der Waals surface area contributed by atoms with Crippen LogP contribution in [0.3, 0.4) is 0 Å². The summed E-state index contributed by atoms with van der Waals surface area (Å²) in [6.45, 7) is 2.93. The molecule has 0 amide bonds. The Kier molecular flexibility index (Phi) is 6.86. The van der Waals surface area contributed by atoms with Crippen molar-refractivity contribution in [2.45, 2.75) is 36.1 Å². The van der Waals surface area contributed by atoms with Gasteiger partial charge in [-0.3, -0.25) is 4.90 Å². The van der Waals surface area contributed by atoms with Crippen molar-refractivity contribution in [2.75, 3.05) is 19.6 Å². The molecule has 5 rings (SSSR count). The number of hydrogen-bond donors (Lipinski definition) is 1. The molecule has 1 saturated heterocycles. The van der Waals surface area contributed by atoms with E-state index < -0.39 is 21.0 Å². The highest BCUT2D eigenvalue weighted by Gasteiger charge is 2.41. The summed E-state index contributed by atoms with van der Waals surface area (Å²) >= 11 is 0. The molecule has 2 unspecified atom stereocenters. The van der Waals surface area contributed by atoms with E-state index >= 15 is 0 Å². The van der Waals surface area contributed by atoms with Gasteiger partial charge in [0, 0.05) is 36.3 Å². The zero-order chi connectivity index (χ0) is 21.4. The number of rotatable bonds is 4. The molecule has 2 aliphatic heterocycles. The highest BCUT2D eigenvalue weighted by molar-refractivity contribution is 7.92. The third-order valence-electron chi connectivity index (χ3n) is 6.71. The van der Waals surface area contributed by atoms with Crippen LogP contribution in [0, 0.1) is 11.7 Å². The molecule has 3 aromatic rings. The van der Waals surface area contributed by atoms with Crippen LogP contribution in [-0.4, -0.2) is 38.3 Å². The molecule has 0 bridgehead atoms. The van der Waals surface area contributed by atoms with E-state index in [9.17, 15) is 12.8 Å². The Morgan fingerprint density at radius 2 is 1.69 bits per heavy atom. The lowest BCUT2D eigenvalue weighted by molar-refractivity contribution is 0.162. The summed E-state index contributed by atoms with van der Waals surface area (Å²) in [7, 11) is -3.73. The van der Waals surface area contributed by atoms with Gasteiger partial charge >= 0.3 is 0 Å². The van der Waals surface area contributed by atoms with Crippen LogP contribution in [0.4, 0.5) is 4.39 Å². The zero-order valence-corrected chi connectivity index (χ0v) is 19.5. The van der Waals surface area contributed by atoms with Crippen LogP contribution in [0.15, 0.2) is 65.6 Å². The van der Waals surface area contributed by atoms with E-state index in [4.69, 9.17) is 0 Å². The van der Waals surface area contributed by atoms with E-state index in [1.165, 1.54) is 23.3 Å². The standard InChI is InChI=1S/C25H27FN2O2S.ClH/c26-23-11-12-24(22-10-4-3-9-21(22)23)31(29,30)25(19-8-5-14-27-16-19)28-15-13-18-6-1-2-7-20(18)17-28;/h1-4,6-7,9-12,19,25,27H,5,8,13-17H2;1H. The minimum Gasteiger partial charge on any atom is -0.316 e. The highest BCUT2D eigenvalue weighted by atomic mass is 35.5. The Morgan fingerprint density at radius 1 is 0.969 bits per heavy atom. The molecule has 0 saturated carbocycles. The number of fused-ring (bicyclic) bond motifs is 2. The molecule has 0 radical (unpaired) electrons. The van der Waals surface area contributed by atoms with Crippen molar-refractivity contribution in [1.82, 2.24) is 10.2 Å². The van der Waals surface area contributed by atoms with E-state index in [-0.39, 0.29) is 23.2 Å². The first-order valence-corrected chi connectivity index (χ1v) is 12.5. The lowest BCUT2D eigenvalue weighted by atomic mass is 9.95. The summed E-state index contributed by atoms with van der Waals surface area (Å²) in [6, 6.07) is 17.9.